The van der Waals surface area contributed by atoms with Crippen molar-refractivity contribution in [1.82, 2.24) is 14.8 Å². The second-order valence-electron chi connectivity index (χ2n) is 4.37. The van der Waals surface area contributed by atoms with Crippen molar-refractivity contribution >= 4 is 17.6 Å². The molecule has 3 rings (SSSR count). The summed E-state index contributed by atoms with van der Waals surface area (Å²) < 4.78 is 1.45. The van der Waals surface area contributed by atoms with Crippen LogP contribution in [0.2, 0.25) is 5.02 Å². The Labute approximate surface area is 125 Å². The topological polar surface area (TPSA) is 68.0 Å². The Bertz CT molecular complexity index is 786. The Hall–Kier alpha value is -2.66. The molecular formula is C15H10ClN3O2. The van der Waals surface area contributed by atoms with Gasteiger partial charge in [-0.3, -0.25) is 0 Å². The van der Waals surface area contributed by atoms with Gasteiger partial charge in [0.1, 0.15) is 12.7 Å². The van der Waals surface area contributed by atoms with E-state index in [1.165, 1.54) is 17.3 Å². The molecule has 0 aliphatic carbocycles. The van der Waals surface area contributed by atoms with Gasteiger partial charge in [-0.05, 0) is 23.3 Å². The number of nitrogens with zero attached hydrogens (tertiary/aromatic N) is 3. The first-order valence-corrected chi connectivity index (χ1v) is 6.52. The summed E-state index contributed by atoms with van der Waals surface area (Å²) in [6.07, 6.45) is 2.84. The van der Waals surface area contributed by atoms with Crippen LogP contribution in [0.3, 0.4) is 0 Å². The molecular weight excluding hydrogens is 290 g/mol. The van der Waals surface area contributed by atoms with Crippen LogP contribution < -0.4 is 0 Å². The molecule has 0 unspecified atom stereocenters. The third kappa shape index (κ3) is 2.51. The van der Waals surface area contributed by atoms with E-state index in [4.69, 9.17) is 11.6 Å². The standard InChI is InChI=1S/C15H10ClN3O2/c16-14-12(15(20)21)6-11(10-4-2-1-3-5-10)7-13(14)19-9-17-8-18-19/h1-9H,(H,20,21). The van der Waals surface area contributed by atoms with Crippen molar-refractivity contribution in [1.29, 1.82) is 0 Å². The third-order valence-electron chi connectivity index (χ3n) is 3.06. The van der Waals surface area contributed by atoms with Gasteiger partial charge in [0.05, 0.1) is 16.3 Å². The van der Waals surface area contributed by atoms with E-state index < -0.39 is 5.97 Å². The molecule has 0 saturated heterocycles. The minimum atomic E-state index is -1.08. The third-order valence-corrected chi connectivity index (χ3v) is 3.45. The van der Waals surface area contributed by atoms with Gasteiger partial charge in [0.25, 0.3) is 0 Å². The number of carboxylic acid groups (broad SMARTS) is 1. The Morgan fingerprint density at radius 1 is 1.14 bits per heavy atom. The molecule has 0 bridgehead atoms. The van der Waals surface area contributed by atoms with E-state index in [9.17, 15) is 9.90 Å². The van der Waals surface area contributed by atoms with Crippen LogP contribution in [-0.4, -0.2) is 25.8 Å². The fourth-order valence-corrected chi connectivity index (χ4v) is 2.34. The molecule has 0 radical (unpaired) electrons. The van der Waals surface area contributed by atoms with E-state index in [2.05, 4.69) is 10.1 Å². The van der Waals surface area contributed by atoms with E-state index in [0.717, 1.165) is 11.1 Å². The molecule has 0 saturated carbocycles. The lowest BCUT2D eigenvalue weighted by atomic mass is 10.0. The number of carboxylic acids is 1. The number of aromatic nitrogens is 3. The molecule has 1 aromatic heterocycles. The van der Waals surface area contributed by atoms with Crippen molar-refractivity contribution in [2.24, 2.45) is 0 Å². The summed E-state index contributed by atoms with van der Waals surface area (Å²) in [5.74, 6) is -1.08. The number of carbonyl (C=O) groups is 1. The van der Waals surface area contributed by atoms with Crippen LogP contribution in [0.25, 0.3) is 16.8 Å². The predicted octanol–water partition coefficient (Wildman–Crippen LogP) is 3.29. The van der Waals surface area contributed by atoms with Crippen LogP contribution in [0.4, 0.5) is 0 Å². The molecule has 1 N–H and O–H groups in total. The van der Waals surface area contributed by atoms with Gasteiger partial charge in [0.15, 0.2) is 0 Å². The summed E-state index contributed by atoms with van der Waals surface area (Å²) in [5, 5.41) is 13.5. The van der Waals surface area contributed by atoms with Gasteiger partial charge in [0, 0.05) is 0 Å². The quantitative estimate of drug-likeness (QED) is 0.806. The van der Waals surface area contributed by atoms with Crippen LogP contribution in [0.1, 0.15) is 10.4 Å². The molecule has 0 aliphatic heterocycles. The highest BCUT2D eigenvalue weighted by Gasteiger charge is 2.17. The summed E-state index contributed by atoms with van der Waals surface area (Å²) in [5.41, 5.74) is 2.16. The van der Waals surface area contributed by atoms with Crippen molar-refractivity contribution < 1.29 is 9.90 Å². The Balaban J connectivity index is 2.26. The first-order chi connectivity index (χ1) is 10.2. The van der Waals surface area contributed by atoms with Crippen LogP contribution >= 0.6 is 11.6 Å². The summed E-state index contributed by atoms with van der Waals surface area (Å²) in [7, 11) is 0. The van der Waals surface area contributed by atoms with Gasteiger partial charge in [-0.1, -0.05) is 41.9 Å². The van der Waals surface area contributed by atoms with E-state index in [1.54, 1.807) is 12.1 Å². The first kappa shape index (κ1) is 13.3. The van der Waals surface area contributed by atoms with E-state index >= 15 is 0 Å². The predicted molar refractivity (Wildman–Crippen MR) is 78.8 cm³/mol. The van der Waals surface area contributed by atoms with E-state index in [0.29, 0.717) is 5.69 Å². The lowest BCUT2D eigenvalue weighted by Gasteiger charge is -2.10. The van der Waals surface area contributed by atoms with Crippen molar-refractivity contribution in [3.63, 3.8) is 0 Å². The summed E-state index contributed by atoms with van der Waals surface area (Å²) >= 11 is 6.19. The number of rotatable bonds is 3. The molecule has 2 aromatic carbocycles. The highest BCUT2D eigenvalue weighted by molar-refractivity contribution is 6.35. The summed E-state index contributed by atoms with van der Waals surface area (Å²) in [6.45, 7) is 0. The zero-order chi connectivity index (χ0) is 14.8. The minimum Gasteiger partial charge on any atom is -0.478 e. The lowest BCUT2D eigenvalue weighted by molar-refractivity contribution is 0.0697. The maximum absolute atomic E-state index is 11.4. The molecule has 5 nitrogen and oxygen atoms in total. The Kier molecular flexibility index (Phi) is 3.41. The van der Waals surface area contributed by atoms with Crippen LogP contribution in [0.5, 0.6) is 0 Å². The highest BCUT2D eigenvalue weighted by Crippen LogP contribution is 2.31. The second-order valence-corrected chi connectivity index (χ2v) is 4.75. The van der Waals surface area contributed by atoms with Crippen LogP contribution in [0.15, 0.2) is 55.1 Å². The summed E-state index contributed by atoms with van der Waals surface area (Å²) in [4.78, 5) is 15.3. The second kappa shape index (κ2) is 5.38. The van der Waals surface area contributed by atoms with Crippen molar-refractivity contribution in [3.05, 3.63) is 65.7 Å². The van der Waals surface area contributed by atoms with Gasteiger partial charge >= 0.3 is 5.97 Å². The van der Waals surface area contributed by atoms with E-state index in [1.807, 2.05) is 30.3 Å². The SMILES string of the molecule is O=C(O)c1cc(-c2ccccc2)cc(-n2cncn2)c1Cl. The fraction of sp³-hybridized carbons (Fsp3) is 0. The van der Waals surface area contributed by atoms with Crippen molar-refractivity contribution in [3.8, 4) is 16.8 Å². The lowest BCUT2D eigenvalue weighted by Crippen LogP contribution is -2.04. The molecule has 1 heterocycles. The van der Waals surface area contributed by atoms with Crippen LogP contribution in [0, 0.1) is 0 Å². The van der Waals surface area contributed by atoms with E-state index in [-0.39, 0.29) is 10.6 Å². The molecule has 3 aromatic rings. The zero-order valence-electron chi connectivity index (χ0n) is 10.8. The fourth-order valence-electron chi connectivity index (χ4n) is 2.06. The number of benzene rings is 2. The Morgan fingerprint density at radius 2 is 1.90 bits per heavy atom. The van der Waals surface area contributed by atoms with Gasteiger partial charge in [-0.2, -0.15) is 5.10 Å². The molecule has 6 heteroatoms. The minimum absolute atomic E-state index is 0.0310. The van der Waals surface area contributed by atoms with Crippen molar-refractivity contribution in [2.75, 3.05) is 0 Å². The molecule has 0 aliphatic rings. The average molecular weight is 300 g/mol. The number of aromatic carboxylic acids is 1. The number of hydrogen-bond donors (Lipinski definition) is 1. The molecule has 21 heavy (non-hydrogen) atoms. The molecule has 104 valence electrons. The monoisotopic (exact) mass is 299 g/mol. The van der Waals surface area contributed by atoms with Gasteiger partial charge in [-0.25, -0.2) is 14.5 Å². The van der Waals surface area contributed by atoms with Gasteiger partial charge < -0.3 is 5.11 Å². The molecule has 0 spiro atoms. The maximum Gasteiger partial charge on any atom is 0.337 e. The summed E-state index contributed by atoms with van der Waals surface area (Å²) in [6, 6.07) is 12.8. The van der Waals surface area contributed by atoms with Gasteiger partial charge in [0.2, 0.25) is 0 Å². The molecule has 0 fully saturated rings. The normalized spacial score (nSPS) is 10.5. The largest absolute Gasteiger partial charge is 0.478 e. The number of hydrogen-bond acceptors (Lipinski definition) is 3. The smallest absolute Gasteiger partial charge is 0.337 e. The number of halogens is 1. The highest BCUT2D eigenvalue weighted by atomic mass is 35.5. The Morgan fingerprint density at radius 3 is 2.52 bits per heavy atom. The molecule has 0 atom stereocenters. The maximum atomic E-state index is 11.4. The first-order valence-electron chi connectivity index (χ1n) is 6.14. The zero-order valence-corrected chi connectivity index (χ0v) is 11.5. The van der Waals surface area contributed by atoms with Crippen molar-refractivity contribution in [2.45, 2.75) is 0 Å². The van der Waals surface area contributed by atoms with Gasteiger partial charge in [-0.15, -0.1) is 0 Å². The van der Waals surface area contributed by atoms with Crippen LogP contribution in [-0.2, 0) is 0 Å². The molecule has 0 amide bonds. The average Bonchev–Trinajstić information content (AvgIpc) is 3.02.